The summed E-state index contributed by atoms with van der Waals surface area (Å²) in [5.41, 5.74) is 1.36. The predicted octanol–water partition coefficient (Wildman–Crippen LogP) is 0.388. The highest BCUT2D eigenvalue weighted by Crippen LogP contribution is 2.28. The monoisotopic (exact) mass is 371 g/mol. The number of amides is 2. The molecule has 0 aromatic heterocycles. The van der Waals surface area contributed by atoms with E-state index in [0.717, 1.165) is 19.1 Å². The van der Waals surface area contributed by atoms with Crippen molar-refractivity contribution in [1.29, 1.82) is 0 Å². The molecular weight excluding hydrogens is 350 g/mol. The van der Waals surface area contributed by atoms with Gasteiger partial charge in [0.1, 0.15) is 17.3 Å². The fraction of sp³-hybridized carbons (Fsp3) is 0.368. The summed E-state index contributed by atoms with van der Waals surface area (Å²) in [4.78, 5) is 51.1. The molecule has 0 radical (unpaired) electrons. The van der Waals surface area contributed by atoms with E-state index in [1.54, 1.807) is 12.1 Å². The average molecular weight is 371 g/mol. The van der Waals surface area contributed by atoms with Gasteiger partial charge >= 0.3 is 5.97 Å². The molecule has 2 heterocycles. The van der Waals surface area contributed by atoms with Crippen molar-refractivity contribution in [3.8, 4) is 0 Å². The van der Waals surface area contributed by atoms with Gasteiger partial charge in [-0.05, 0) is 24.1 Å². The zero-order chi connectivity index (χ0) is 19.6. The van der Waals surface area contributed by atoms with Crippen LogP contribution in [0.5, 0.6) is 0 Å². The van der Waals surface area contributed by atoms with Crippen LogP contribution in [-0.4, -0.2) is 54.7 Å². The topological polar surface area (TPSA) is 105 Å². The second-order valence-electron chi connectivity index (χ2n) is 6.35. The Morgan fingerprint density at radius 2 is 1.96 bits per heavy atom. The average Bonchev–Trinajstić information content (AvgIpc) is 2.68. The number of rotatable bonds is 4. The molecule has 1 aromatic carbocycles. The van der Waals surface area contributed by atoms with E-state index in [1.807, 2.05) is 19.1 Å². The maximum absolute atomic E-state index is 12.8. The number of methoxy groups -OCH3 is 1. The van der Waals surface area contributed by atoms with Gasteiger partial charge in [-0.15, -0.1) is 0 Å². The first kappa shape index (κ1) is 18.6. The minimum atomic E-state index is -0.869. The van der Waals surface area contributed by atoms with Crippen LogP contribution < -0.4 is 10.6 Å². The Balaban J connectivity index is 1.89. The molecule has 8 nitrogen and oxygen atoms in total. The molecule has 2 aliphatic rings. The number of hydrogen-bond donors (Lipinski definition) is 2. The van der Waals surface area contributed by atoms with Crippen LogP contribution in [0, 0.1) is 0 Å². The number of Topliss-reactive ketones (excluding diaryl/α,β-unsaturated/α-hetero) is 1. The van der Waals surface area contributed by atoms with Crippen molar-refractivity contribution in [2.75, 3.05) is 25.5 Å². The van der Waals surface area contributed by atoms with Gasteiger partial charge in [0.05, 0.1) is 7.11 Å². The standard InChI is InChI=1S/C19H21N3O5/c1-3-11-4-6-12(7-5-11)21-17(24)13-10-14(23)15(19(26)27-2)16-18(25)20-8-9-22(13)16/h4-7,13H,3,8-10H2,1-2H3,(H,20,25)(H,21,24)/t13-/m1/s1. The number of piperazine rings is 1. The van der Waals surface area contributed by atoms with E-state index in [0.29, 0.717) is 18.8 Å². The summed E-state index contributed by atoms with van der Waals surface area (Å²) in [6, 6.07) is 6.55. The van der Waals surface area contributed by atoms with Crippen LogP contribution in [0.3, 0.4) is 0 Å². The number of anilines is 1. The summed E-state index contributed by atoms with van der Waals surface area (Å²) in [6.07, 6.45) is 0.693. The Morgan fingerprint density at radius 3 is 2.59 bits per heavy atom. The minimum Gasteiger partial charge on any atom is -0.465 e. The molecule has 3 rings (SSSR count). The van der Waals surface area contributed by atoms with Crippen molar-refractivity contribution >= 4 is 29.3 Å². The maximum atomic E-state index is 12.8. The Kier molecular flexibility index (Phi) is 5.25. The van der Waals surface area contributed by atoms with Crippen LogP contribution in [-0.2, 0) is 30.3 Å². The maximum Gasteiger partial charge on any atom is 0.343 e. The lowest BCUT2D eigenvalue weighted by molar-refractivity contribution is -0.141. The Labute approximate surface area is 156 Å². The third-order valence-electron chi connectivity index (χ3n) is 4.73. The molecule has 1 fully saturated rings. The van der Waals surface area contributed by atoms with Gasteiger partial charge in [0.25, 0.3) is 5.91 Å². The van der Waals surface area contributed by atoms with E-state index >= 15 is 0 Å². The third-order valence-corrected chi connectivity index (χ3v) is 4.73. The highest BCUT2D eigenvalue weighted by atomic mass is 16.5. The molecule has 0 aliphatic carbocycles. The van der Waals surface area contributed by atoms with Crippen molar-refractivity contribution in [2.45, 2.75) is 25.8 Å². The molecule has 0 spiro atoms. The fourth-order valence-electron chi connectivity index (χ4n) is 3.30. The molecule has 27 heavy (non-hydrogen) atoms. The Morgan fingerprint density at radius 1 is 1.26 bits per heavy atom. The van der Waals surface area contributed by atoms with Crippen LogP contribution in [0.15, 0.2) is 35.5 Å². The summed E-state index contributed by atoms with van der Waals surface area (Å²) in [7, 11) is 1.15. The third kappa shape index (κ3) is 3.55. The van der Waals surface area contributed by atoms with Gasteiger partial charge < -0.3 is 20.3 Å². The fourth-order valence-corrected chi connectivity index (χ4v) is 3.30. The first-order valence-electron chi connectivity index (χ1n) is 8.76. The molecule has 1 atom stereocenters. The lowest BCUT2D eigenvalue weighted by Gasteiger charge is -2.40. The number of nitrogens with zero attached hydrogens (tertiary/aromatic N) is 1. The van der Waals surface area contributed by atoms with Gasteiger partial charge in [-0.3, -0.25) is 14.4 Å². The minimum absolute atomic E-state index is 0.0918. The summed E-state index contributed by atoms with van der Waals surface area (Å²) in [5, 5.41) is 5.39. The summed E-state index contributed by atoms with van der Waals surface area (Å²) >= 11 is 0. The molecule has 2 aliphatic heterocycles. The number of ketones is 1. The first-order chi connectivity index (χ1) is 13.0. The van der Waals surface area contributed by atoms with Crippen LogP contribution in [0.2, 0.25) is 0 Å². The molecule has 8 heteroatoms. The predicted molar refractivity (Wildman–Crippen MR) is 96.6 cm³/mol. The highest BCUT2D eigenvalue weighted by Gasteiger charge is 2.44. The quantitative estimate of drug-likeness (QED) is 0.586. The van der Waals surface area contributed by atoms with Crippen molar-refractivity contribution in [1.82, 2.24) is 10.2 Å². The van der Waals surface area contributed by atoms with E-state index < -0.39 is 29.6 Å². The molecule has 1 aromatic rings. The Hall–Kier alpha value is -3.16. The largest absolute Gasteiger partial charge is 0.465 e. The number of esters is 1. The number of fused-ring (bicyclic) bond motifs is 1. The van der Waals surface area contributed by atoms with E-state index in [-0.39, 0.29) is 17.7 Å². The zero-order valence-corrected chi connectivity index (χ0v) is 15.2. The smallest absolute Gasteiger partial charge is 0.343 e. The SMILES string of the molecule is CCc1ccc(NC(=O)[C@H]2CC(=O)C(C(=O)OC)=C3C(=O)NCCN32)cc1. The Bertz CT molecular complexity index is 828. The molecule has 1 saturated heterocycles. The van der Waals surface area contributed by atoms with Crippen LogP contribution in [0.1, 0.15) is 18.9 Å². The highest BCUT2D eigenvalue weighted by molar-refractivity contribution is 6.24. The van der Waals surface area contributed by atoms with Crippen molar-refractivity contribution in [3.63, 3.8) is 0 Å². The van der Waals surface area contributed by atoms with E-state index in [9.17, 15) is 19.2 Å². The zero-order valence-electron chi connectivity index (χ0n) is 15.2. The number of hydrogen-bond acceptors (Lipinski definition) is 6. The van der Waals surface area contributed by atoms with Gasteiger partial charge in [0, 0.05) is 25.2 Å². The van der Waals surface area contributed by atoms with Crippen LogP contribution in [0.4, 0.5) is 5.69 Å². The lowest BCUT2D eigenvalue weighted by atomic mass is 9.92. The number of ether oxygens (including phenoxy) is 1. The normalized spacial score (nSPS) is 19.3. The molecule has 142 valence electrons. The van der Waals surface area contributed by atoms with Gasteiger partial charge in [-0.2, -0.15) is 0 Å². The van der Waals surface area contributed by atoms with E-state index in [1.165, 1.54) is 4.90 Å². The summed E-state index contributed by atoms with van der Waals surface area (Å²) in [6.45, 7) is 2.68. The summed E-state index contributed by atoms with van der Waals surface area (Å²) < 4.78 is 4.65. The van der Waals surface area contributed by atoms with Gasteiger partial charge in [0.15, 0.2) is 5.78 Å². The van der Waals surface area contributed by atoms with Crippen molar-refractivity contribution < 1.29 is 23.9 Å². The number of carbonyl (C=O) groups is 4. The van der Waals surface area contributed by atoms with Crippen molar-refractivity contribution in [3.05, 3.63) is 41.1 Å². The number of carbonyl (C=O) groups excluding carboxylic acids is 4. The first-order valence-corrected chi connectivity index (χ1v) is 8.76. The van der Waals surface area contributed by atoms with Gasteiger partial charge in [-0.25, -0.2) is 4.79 Å². The molecule has 0 bridgehead atoms. The molecule has 2 N–H and O–H groups in total. The van der Waals surface area contributed by atoms with Gasteiger partial charge in [0.2, 0.25) is 5.91 Å². The van der Waals surface area contributed by atoms with E-state index in [4.69, 9.17) is 0 Å². The molecule has 0 saturated carbocycles. The molecular formula is C19H21N3O5. The second kappa shape index (κ2) is 7.61. The number of nitrogens with one attached hydrogen (secondary N) is 2. The molecule has 0 unspecified atom stereocenters. The number of benzene rings is 1. The van der Waals surface area contributed by atoms with Gasteiger partial charge in [-0.1, -0.05) is 19.1 Å². The van der Waals surface area contributed by atoms with Crippen LogP contribution >= 0.6 is 0 Å². The molecule has 2 amide bonds. The van der Waals surface area contributed by atoms with Crippen molar-refractivity contribution in [2.24, 2.45) is 0 Å². The van der Waals surface area contributed by atoms with Crippen LogP contribution in [0.25, 0.3) is 0 Å². The van der Waals surface area contributed by atoms with E-state index in [2.05, 4.69) is 15.4 Å². The summed E-state index contributed by atoms with van der Waals surface area (Å²) in [5.74, 6) is -2.40. The lowest BCUT2D eigenvalue weighted by Crippen LogP contribution is -2.57. The number of aryl methyl sites for hydroxylation is 1. The second-order valence-corrected chi connectivity index (χ2v) is 6.35.